The van der Waals surface area contributed by atoms with Crippen LogP contribution >= 0.6 is 0 Å². The lowest BCUT2D eigenvalue weighted by molar-refractivity contribution is 0.442. The molecule has 0 saturated heterocycles. The predicted molar refractivity (Wildman–Crippen MR) is 88.1 cm³/mol. The summed E-state index contributed by atoms with van der Waals surface area (Å²) < 4.78 is 2.36. The van der Waals surface area contributed by atoms with Gasteiger partial charge in [0.15, 0.2) is 0 Å². The Bertz CT molecular complexity index is 513. The number of aryl methyl sites for hydroxylation is 1. The summed E-state index contributed by atoms with van der Waals surface area (Å²) in [5.74, 6) is 0.811. The Hall–Kier alpha value is -1.28. The molecule has 0 bridgehead atoms. The van der Waals surface area contributed by atoms with Gasteiger partial charge in [-0.05, 0) is 56.2 Å². The summed E-state index contributed by atoms with van der Waals surface area (Å²) in [5.41, 5.74) is 1.35. The Balaban J connectivity index is 1.71. The van der Waals surface area contributed by atoms with E-state index in [-0.39, 0.29) is 0 Å². The Kier molecular flexibility index (Phi) is 5.66. The number of fused-ring (bicyclic) bond motifs is 1. The first kappa shape index (κ1) is 15.1. The molecule has 0 spiro atoms. The van der Waals surface area contributed by atoms with Crippen molar-refractivity contribution in [1.82, 2.24) is 9.88 Å². The van der Waals surface area contributed by atoms with Crippen LogP contribution in [0.3, 0.4) is 0 Å². The lowest BCUT2D eigenvalue weighted by Crippen LogP contribution is -2.27. The summed E-state index contributed by atoms with van der Waals surface area (Å²) in [6.45, 7) is 9.09. The summed E-state index contributed by atoms with van der Waals surface area (Å²) in [5, 5.41) is 4.97. The van der Waals surface area contributed by atoms with Gasteiger partial charge in [-0.2, -0.15) is 0 Å². The molecule has 2 aromatic rings. The fraction of sp³-hybridized carbons (Fsp3) is 0.556. The zero-order chi connectivity index (χ0) is 14.4. The summed E-state index contributed by atoms with van der Waals surface area (Å²) in [6.07, 6.45) is 5.98. The van der Waals surface area contributed by atoms with Crippen LogP contribution < -0.4 is 5.32 Å². The van der Waals surface area contributed by atoms with Crippen molar-refractivity contribution < 1.29 is 0 Å². The number of rotatable bonds is 8. The minimum absolute atomic E-state index is 0.638. The average Bonchev–Trinajstić information content (AvgIpc) is 2.85. The lowest BCUT2D eigenvalue weighted by atomic mass is 10.0. The molecule has 1 atom stereocenters. The zero-order valence-corrected chi connectivity index (χ0v) is 13.1. The highest BCUT2D eigenvalue weighted by atomic mass is 15.0. The minimum atomic E-state index is 0.638. The number of nitrogens with zero attached hydrogens (tertiary/aromatic N) is 1. The maximum absolute atomic E-state index is 3.64. The molecule has 1 aromatic carbocycles. The van der Waals surface area contributed by atoms with Crippen molar-refractivity contribution in [2.75, 3.05) is 6.54 Å². The Morgan fingerprint density at radius 1 is 1.05 bits per heavy atom. The van der Waals surface area contributed by atoms with Crippen molar-refractivity contribution in [2.45, 2.75) is 52.6 Å². The molecule has 1 N–H and O–H groups in total. The predicted octanol–water partition coefficient (Wildman–Crippen LogP) is 4.45. The van der Waals surface area contributed by atoms with Crippen LogP contribution in [-0.4, -0.2) is 17.2 Å². The second-order valence-electron chi connectivity index (χ2n) is 6.25. The molecule has 2 heteroatoms. The van der Waals surface area contributed by atoms with Gasteiger partial charge in [0.05, 0.1) is 0 Å². The fourth-order valence-corrected chi connectivity index (χ4v) is 2.62. The molecule has 2 nitrogen and oxygen atoms in total. The maximum atomic E-state index is 3.64. The first-order valence-electron chi connectivity index (χ1n) is 7.94. The molecule has 2 rings (SSSR count). The van der Waals surface area contributed by atoms with Gasteiger partial charge in [0.25, 0.3) is 0 Å². The highest BCUT2D eigenvalue weighted by molar-refractivity contribution is 5.79. The van der Waals surface area contributed by atoms with Crippen LogP contribution in [-0.2, 0) is 6.54 Å². The molecule has 1 heterocycles. The molecule has 1 aromatic heterocycles. The van der Waals surface area contributed by atoms with Gasteiger partial charge in [-0.25, -0.2) is 0 Å². The molecule has 20 heavy (non-hydrogen) atoms. The van der Waals surface area contributed by atoms with Gasteiger partial charge in [0, 0.05) is 24.3 Å². The largest absolute Gasteiger partial charge is 0.347 e. The second kappa shape index (κ2) is 7.49. The summed E-state index contributed by atoms with van der Waals surface area (Å²) in [6, 6.07) is 11.4. The van der Waals surface area contributed by atoms with E-state index in [1.54, 1.807) is 0 Å². The van der Waals surface area contributed by atoms with Crippen LogP contribution in [0.4, 0.5) is 0 Å². The molecular formula is C18H28N2. The van der Waals surface area contributed by atoms with Crippen molar-refractivity contribution in [3.63, 3.8) is 0 Å². The lowest BCUT2D eigenvalue weighted by Gasteiger charge is -2.15. The quantitative estimate of drug-likeness (QED) is 0.703. The van der Waals surface area contributed by atoms with E-state index in [4.69, 9.17) is 0 Å². The standard InChI is InChI=1S/C18H28N2/c1-15(2)9-10-16(3)19-12-6-13-20-14-11-17-7-4-5-8-18(17)20/h4-5,7-8,11,14-16,19H,6,9-10,12-13H2,1-3H3. The first-order chi connectivity index (χ1) is 9.66. The van der Waals surface area contributed by atoms with E-state index in [0.717, 1.165) is 19.0 Å². The van der Waals surface area contributed by atoms with Gasteiger partial charge in [-0.15, -0.1) is 0 Å². The van der Waals surface area contributed by atoms with Crippen molar-refractivity contribution in [1.29, 1.82) is 0 Å². The highest BCUT2D eigenvalue weighted by Crippen LogP contribution is 2.15. The molecule has 0 fully saturated rings. The molecule has 0 aliphatic heterocycles. The summed E-state index contributed by atoms with van der Waals surface area (Å²) >= 11 is 0. The van der Waals surface area contributed by atoms with Gasteiger partial charge in [-0.1, -0.05) is 32.0 Å². The number of aromatic nitrogens is 1. The van der Waals surface area contributed by atoms with Gasteiger partial charge in [0.2, 0.25) is 0 Å². The average molecular weight is 272 g/mol. The van der Waals surface area contributed by atoms with Crippen LogP contribution in [0.2, 0.25) is 0 Å². The highest BCUT2D eigenvalue weighted by Gasteiger charge is 2.03. The van der Waals surface area contributed by atoms with Gasteiger partial charge < -0.3 is 9.88 Å². The fourth-order valence-electron chi connectivity index (χ4n) is 2.62. The smallest absolute Gasteiger partial charge is 0.0480 e. The summed E-state index contributed by atoms with van der Waals surface area (Å²) in [4.78, 5) is 0. The normalized spacial score (nSPS) is 13.2. The molecule has 110 valence electrons. The zero-order valence-electron chi connectivity index (χ0n) is 13.1. The van der Waals surface area contributed by atoms with E-state index in [1.165, 1.54) is 30.2 Å². The Labute approximate surface area is 123 Å². The first-order valence-corrected chi connectivity index (χ1v) is 7.94. The number of hydrogen-bond acceptors (Lipinski definition) is 1. The topological polar surface area (TPSA) is 17.0 Å². The maximum Gasteiger partial charge on any atom is 0.0480 e. The number of nitrogens with one attached hydrogen (secondary N) is 1. The summed E-state index contributed by atoms with van der Waals surface area (Å²) in [7, 11) is 0. The van der Waals surface area contributed by atoms with E-state index >= 15 is 0 Å². The number of hydrogen-bond donors (Lipinski definition) is 1. The number of para-hydroxylation sites is 1. The van der Waals surface area contributed by atoms with Crippen molar-refractivity contribution in [3.05, 3.63) is 36.5 Å². The minimum Gasteiger partial charge on any atom is -0.347 e. The molecule has 0 aliphatic rings. The van der Waals surface area contributed by atoms with Crippen molar-refractivity contribution in [2.24, 2.45) is 5.92 Å². The second-order valence-corrected chi connectivity index (χ2v) is 6.25. The molecule has 0 saturated carbocycles. The Morgan fingerprint density at radius 2 is 1.85 bits per heavy atom. The van der Waals surface area contributed by atoms with Crippen LogP contribution in [0.25, 0.3) is 10.9 Å². The van der Waals surface area contributed by atoms with E-state index in [1.807, 2.05) is 0 Å². The van der Waals surface area contributed by atoms with E-state index < -0.39 is 0 Å². The van der Waals surface area contributed by atoms with Crippen LogP contribution in [0.1, 0.15) is 40.0 Å². The third kappa shape index (κ3) is 4.38. The van der Waals surface area contributed by atoms with Gasteiger partial charge in [-0.3, -0.25) is 0 Å². The van der Waals surface area contributed by atoms with E-state index in [9.17, 15) is 0 Å². The molecule has 1 unspecified atom stereocenters. The molecular weight excluding hydrogens is 244 g/mol. The van der Waals surface area contributed by atoms with Crippen LogP contribution in [0.5, 0.6) is 0 Å². The van der Waals surface area contributed by atoms with E-state index in [0.29, 0.717) is 6.04 Å². The molecule has 0 aliphatic carbocycles. The van der Waals surface area contributed by atoms with Crippen molar-refractivity contribution in [3.8, 4) is 0 Å². The third-order valence-corrected chi connectivity index (χ3v) is 3.93. The van der Waals surface area contributed by atoms with Gasteiger partial charge >= 0.3 is 0 Å². The monoisotopic (exact) mass is 272 g/mol. The van der Waals surface area contributed by atoms with E-state index in [2.05, 4.69) is 67.2 Å². The van der Waals surface area contributed by atoms with Crippen LogP contribution in [0, 0.1) is 5.92 Å². The molecule has 0 amide bonds. The van der Waals surface area contributed by atoms with Gasteiger partial charge in [0.1, 0.15) is 0 Å². The Morgan fingerprint density at radius 3 is 2.65 bits per heavy atom. The third-order valence-electron chi connectivity index (χ3n) is 3.93. The van der Waals surface area contributed by atoms with Crippen molar-refractivity contribution >= 4 is 10.9 Å². The van der Waals surface area contributed by atoms with Crippen LogP contribution in [0.15, 0.2) is 36.5 Å². The number of benzene rings is 1. The SMILES string of the molecule is CC(C)CCC(C)NCCCn1ccc2ccccc21. The molecule has 0 radical (unpaired) electrons.